The van der Waals surface area contributed by atoms with Gasteiger partial charge in [0.2, 0.25) is 0 Å². The molecule has 0 fully saturated rings. The number of amides is 1. The van der Waals surface area contributed by atoms with E-state index < -0.39 is 5.91 Å². The number of carbonyl (C=O) groups is 1. The zero-order valence-electron chi connectivity index (χ0n) is 13.7. The molecule has 0 aliphatic rings. The summed E-state index contributed by atoms with van der Waals surface area (Å²) in [6, 6.07) is 12.7. The Bertz CT molecular complexity index is 853. The highest BCUT2D eigenvalue weighted by molar-refractivity contribution is 5.94. The van der Waals surface area contributed by atoms with Gasteiger partial charge in [-0.3, -0.25) is 9.89 Å². The summed E-state index contributed by atoms with van der Waals surface area (Å²) < 4.78 is 10.8. The van der Waals surface area contributed by atoms with Crippen molar-refractivity contribution in [3.8, 4) is 17.0 Å². The first kappa shape index (κ1) is 16.5. The van der Waals surface area contributed by atoms with Gasteiger partial charge in [0.25, 0.3) is 5.91 Å². The van der Waals surface area contributed by atoms with Crippen LogP contribution in [0.15, 0.2) is 58.2 Å². The Morgan fingerprint density at radius 3 is 3.04 bits per heavy atom. The molecule has 2 heterocycles. The lowest BCUT2D eigenvalue weighted by atomic mass is 10.1. The topological polar surface area (TPSA) is 92.5 Å². The molecule has 0 atom stereocenters. The van der Waals surface area contributed by atoms with Crippen LogP contribution in [-0.2, 0) is 0 Å². The van der Waals surface area contributed by atoms with Crippen LogP contribution in [0.4, 0.5) is 0 Å². The number of rotatable bonds is 7. The summed E-state index contributed by atoms with van der Waals surface area (Å²) in [6.07, 6.45) is 3.86. The fourth-order valence-corrected chi connectivity index (χ4v) is 2.17. The second kappa shape index (κ2) is 7.96. The monoisotopic (exact) mass is 338 g/mol. The smallest absolute Gasteiger partial charge is 0.289 e. The van der Waals surface area contributed by atoms with E-state index in [0.29, 0.717) is 23.8 Å². The summed E-state index contributed by atoms with van der Waals surface area (Å²) in [5, 5.41) is 10.8. The minimum absolute atomic E-state index is 0.303. The SMILES string of the molecule is CCCOc1ccccc1-c1cc(C(=O)NN=Cc2ccco2)[nH]n1. The summed E-state index contributed by atoms with van der Waals surface area (Å²) >= 11 is 0. The van der Waals surface area contributed by atoms with E-state index in [1.807, 2.05) is 31.2 Å². The molecule has 7 nitrogen and oxygen atoms in total. The Hall–Kier alpha value is -3.35. The van der Waals surface area contributed by atoms with Gasteiger partial charge < -0.3 is 9.15 Å². The quantitative estimate of drug-likeness (QED) is 0.511. The van der Waals surface area contributed by atoms with E-state index >= 15 is 0 Å². The van der Waals surface area contributed by atoms with E-state index in [1.54, 1.807) is 18.2 Å². The number of nitrogens with zero attached hydrogens (tertiary/aromatic N) is 2. The molecule has 3 aromatic rings. The van der Waals surface area contributed by atoms with Crippen molar-refractivity contribution < 1.29 is 13.9 Å². The van der Waals surface area contributed by atoms with Crippen LogP contribution in [0.25, 0.3) is 11.3 Å². The van der Waals surface area contributed by atoms with Gasteiger partial charge in [0.15, 0.2) is 0 Å². The molecule has 0 spiro atoms. The highest BCUT2D eigenvalue weighted by Gasteiger charge is 2.13. The van der Waals surface area contributed by atoms with Crippen LogP contribution in [-0.4, -0.2) is 28.9 Å². The van der Waals surface area contributed by atoms with E-state index in [1.165, 1.54) is 12.5 Å². The van der Waals surface area contributed by atoms with E-state index in [9.17, 15) is 4.79 Å². The van der Waals surface area contributed by atoms with Crippen molar-refractivity contribution in [1.82, 2.24) is 15.6 Å². The molecule has 1 aromatic carbocycles. The predicted octanol–water partition coefficient (Wildman–Crippen LogP) is 3.22. The summed E-state index contributed by atoms with van der Waals surface area (Å²) in [7, 11) is 0. The Morgan fingerprint density at radius 1 is 1.36 bits per heavy atom. The predicted molar refractivity (Wildman–Crippen MR) is 93.6 cm³/mol. The number of ether oxygens (including phenoxy) is 1. The number of H-pyrrole nitrogens is 1. The normalized spacial score (nSPS) is 10.9. The highest BCUT2D eigenvalue weighted by Crippen LogP contribution is 2.28. The van der Waals surface area contributed by atoms with Crippen molar-refractivity contribution in [2.45, 2.75) is 13.3 Å². The third-order valence-electron chi connectivity index (χ3n) is 3.35. The molecule has 2 N–H and O–H groups in total. The highest BCUT2D eigenvalue weighted by atomic mass is 16.5. The van der Waals surface area contributed by atoms with Crippen LogP contribution in [0.2, 0.25) is 0 Å². The van der Waals surface area contributed by atoms with Gasteiger partial charge in [0.1, 0.15) is 17.2 Å². The number of aromatic nitrogens is 2. The number of carbonyl (C=O) groups excluding carboxylic acids is 1. The van der Waals surface area contributed by atoms with Crippen molar-refractivity contribution in [3.05, 3.63) is 60.2 Å². The van der Waals surface area contributed by atoms with Crippen molar-refractivity contribution in [3.63, 3.8) is 0 Å². The summed E-state index contributed by atoms with van der Waals surface area (Å²) in [5.41, 5.74) is 4.18. The molecule has 0 radical (unpaired) electrons. The van der Waals surface area contributed by atoms with E-state index in [4.69, 9.17) is 9.15 Å². The van der Waals surface area contributed by atoms with Gasteiger partial charge in [-0.1, -0.05) is 19.1 Å². The van der Waals surface area contributed by atoms with Gasteiger partial charge in [-0.05, 0) is 36.8 Å². The third-order valence-corrected chi connectivity index (χ3v) is 3.35. The number of nitrogens with one attached hydrogen (secondary N) is 2. The van der Waals surface area contributed by atoms with Crippen LogP contribution < -0.4 is 10.2 Å². The minimum Gasteiger partial charge on any atom is -0.493 e. The molecule has 0 unspecified atom stereocenters. The van der Waals surface area contributed by atoms with Crippen LogP contribution >= 0.6 is 0 Å². The van der Waals surface area contributed by atoms with Crippen LogP contribution in [0, 0.1) is 0 Å². The standard InChI is InChI=1S/C18H18N4O3/c1-2-9-25-17-8-4-3-7-14(17)15-11-16(21-20-15)18(23)22-19-12-13-6-5-10-24-13/h3-8,10-12H,2,9H2,1H3,(H,20,21)(H,22,23). The molecular formula is C18H18N4O3. The van der Waals surface area contributed by atoms with Crippen molar-refractivity contribution in [2.24, 2.45) is 5.10 Å². The maximum absolute atomic E-state index is 12.1. The van der Waals surface area contributed by atoms with Crippen LogP contribution in [0.1, 0.15) is 29.6 Å². The van der Waals surface area contributed by atoms with Crippen molar-refractivity contribution in [1.29, 1.82) is 0 Å². The number of benzene rings is 1. The fourth-order valence-electron chi connectivity index (χ4n) is 2.17. The Balaban J connectivity index is 1.71. The molecule has 1 amide bonds. The third kappa shape index (κ3) is 4.14. The largest absolute Gasteiger partial charge is 0.493 e. The first-order valence-corrected chi connectivity index (χ1v) is 7.92. The van der Waals surface area contributed by atoms with E-state index in [-0.39, 0.29) is 0 Å². The second-order valence-electron chi connectivity index (χ2n) is 5.23. The molecular weight excluding hydrogens is 320 g/mol. The van der Waals surface area contributed by atoms with Gasteiger partial charge in [0.05, 0.1) is 24.8 Å². The maximum Gasteiger partial charge on any atom is 0.289 e. The first-order chi connectivity index (χ1) is 12.3. The average molecular weight is 338 g/mol. The van der Waals surface area contributed by atoms with Gasteiger partial charge in [-0.15, -0.1) is 0 Å². The Labute approximate surface area is 144 Å². The van der Waals surface area contributed by atoms with Crippen LogP contribution in [0.3, 0.4) is 0 Å². The minimum atomic E-state index is -0.395. The first-order valence-electron chi connectivity index (χ1n) is 7.92. The number of furan rings is 1. The molecule has 0 saturated heterocycles. The summed E-state index contributed by atoms with van der Waals surface area (Å²) in [5.74, 6) is 0.889. The molecule has 0 aliphatic carbocycles. The lowest BCUT2D eigenvalue weighted by molar-refractivity contribution is 0.0950. The number of hydrazone groups is 1. The number of aromatic amines is 1. The average Bonchev–Trinajstić information content (AvgIpc) is 3.32. The maximum atomic E-state index is 12.1. The lowest BCUT2D eigenvalue weighted by Crippen LogP contribution is -2.17. The zero-order chi connectivity index (χ0) is 17.5. The number of hydrogen-bond donors (Lipinski definition) is 2. The molecule has 3 rings (SSSR count). The number of para-hydroxylation sites is 1. The van der Waals surface area contributed by atoms with Gasteiger partial charge in [-0.2, -0.15) is 10.2 Å². The van der Waals surface area contributed by atoms with Gasteiger partial charge in [-0.25, -0.2) is 5.43 Å². The van der Waals surface area contributed by atoms with E-state index in [0.717, 1.165) is 17.7 Å². The van der Waals surface area contributed by atoms with E-state index in [2.05, 4.69) is 20.7 Å². The fraction of sp³-hybridized carbons (Fsp3) is 0.167. The van der Waals surface area contributed by atoms with Gasteiger partial charge in [0, 0.05) is 5.56 Å². The lowest BCUT2D eigenvalue weighted by Gasteiger charge is -2.08. The van der Waals surface area contributed by atoms with Gasteiger partial charge >= 0.3 is 0 Å². The van der Waals surface area contributed by atoms with Crippen LogP contribution in [0.5, 0.6) is 5.75 Å². The zero-order valence-corrected chi connectivity index (χ0v) is 13.7. The number of hydrogen-bond acceptors (Lipinski definition) is 5. The molecule has 0 aliphatic heterocycles. The Kier molecular flexibility index (Phi) is 5.26. The molecule has 2 aromatic heterocycles. The second-order valence-corrected chi connectivity index (χ2v) is 5.23. The van der Waals surface area contributed by atoms with Crippen molar-refractivity contribution in [2.75, 3.05) is 6.61 Å². The molecule has 0 bridgehead atoms. The Morgan fingerprint density at radius 2 is 2.24 bits per heavy atom. The molecule has 128 valence electrons. The molecule has 7 heteroatoms. The van der Waals surface area contributed by atoms with Crippen molar-refractivity contribution >= 4 is 12.1 Å². The summed E-state index contributed by atoms with van der Waals surface area (Å²) in [6.45, 7) is 2.67. The molecule has 0 saturated carbocycles. The molecule has 25 heavy (non-hydrogen) atoms. The summed E-state index contributed by atoms with van der Waals surface area (Å²) in [4.78, 5) is 12.1.